The highest BCUT2D eigenvalue weighted by Crippen LogP contribution is 2.35. The van der Waals surface area contributed by atoms with Crippen LogP contribution < -0.4 is 0 Å². The molecule has 2 heterocycles. The van der Waals surface area contributed by atoms with E-state index in [-0.39, 0.29) is 5.91 Å². The average molecular weight is 370 g/mol. The number of aromatic nitrogens is 2. The molecule has 2 atom stereocenters. The van der Waals surface area contributed by atoms with Gasteiger partial charge in [-0.1, -0.05) is 54.9 Å². The largest absolute Gasteiger partial charge is 0.339 e. The Balaban J connectivity index is 1.41. The van der Waals surface area contributed by atoms with E-state index in [2.05, 4.69) is 26.6 Å². The molecular formula is C21H27N3OS. The zero-order chi connectivity index (χ0) is 17.9. The fourth-order valence-electron chi connectivity index (χ4n) is 4.55. The van der Waals surface area contributed by atoms with Crippen molar-refractivity contribution in [2.24, 2.45) is 13.0 Å². The van der Waals surface area contributed by atoms with Crippen molar-refractivity contribution in [3.63, 3.8) is 0 Å². The Morgan fingerprint density at radius 3 is 2.77 bits per heavy atom. The Morgan fingerprint density at radius 2 is 1.92 bits per heavy atom. The number of thioether (sulfide) groups is 1. The molecule has 1 amide bonds. The predicted molar refractivity (Wildman–Crippen MR) is 106 cm³/mol. The standard InChI is InChI=1S/C21H27N3OS/c1-23-19(17-8-3-2-4-9-17)14-22-21(23)26-15-20(25)24-13-7-11-16-10-5-6-12-18(16)24/h2-4,8-9,14,16,18H,5-7,10-13,15H2,1H3. The van der Waals surface area contributed by atoms with Crippen molar-refractivity contribution in [2.75, 3.05) is 12.3 Å². The van der Waals surface area contributed by atoms with Crippen molar-refractivity contribution in [1.82, 2.24) is 14.5 Å². The van der Waals surface area contributed by atoms with Crippen LogP contribution in [0, 0.1) is 5.92 Å². The molecule has 1 aromatic carbocycles. The van der Waals surface area contributed by atoms with Gasteiger partial charge in [0.05, 0.1) is 17.6 Å². The van der Waals surface area contributed by atoms with E-state index in [1.807, 2.05) is 31.4 Å². The maximum atomic E-state index is 12.9. The summed E-state index contributed by atoms with van der Waals surface area (Å²) in [6.45, 7) is 0.941. The molecule has 2 aliphatic rings. The Kier molecular flexibility index (Phi) is 5.34. The van der Waals surface area contributed by atoms with Gasteiger partial charge in [0.1, 0.15) is 0 Å². The third-order valence-electron chi connectivity index (χ3n) is 5.90. The van der Waals surface area contributed by atoms with E-state index < -0.39 is 0 Å². The van der Waals surface area contributed by atoms with Crippen molar-refractivity contribution in [1.29, 1.82) is 0 Å². The lowest BCUT2D eigenvalue weighted by Gasteiger charge is -2.44. The first-order valence-corrected chi connectivity index (χ1v) is 10.7. The molecule has 1 aliphatic heterocycles. The summed E-state index contributed by atoms with van der Waals surface area (Å²) in [4.78, 5) is 19.6. The molecule has 4 rings (SSSR count). The van der Waals surface area contributed by atoms with Gasteiger partial charge >= 0.3 is 0 Å². The number of rotatable bonds is 4. The van der Waals surface area contributed by atoms with Crippen molar-refractivity contribution < 1.29 is 4.79 Å². The van der Waals surface area contributed by atoms with E-state index in [0.717, 1.165) is 35.3 Å². The van der Waals surface area contributed by atoms with Gasteiger partial charge in [0.15, 0.2) is 5.16 Å². The van der Waals surface area contributed by atoms with Gasteiger partial charge in [0.25, 0.3) is 0 Å². The van der Waals surface area contributed by atoms with Gasteiger partial charge in [0.2, 0.25) is 5.91 Å². The van der Waals surface area contributed by atoms with Crippen LogP contribution in [0.2, 0.25) is 0 Å². The molecule has 2 unspecified atom stereocenters. The smallest absolute Gasteiger partial charge is 0.233 e. The molecule has 2 fully saturated rings. The molecular weight excluding hydrogens is 342 g/mol. The molecule has 1 aliphatic carbocycles. The number of benzene rings is 1. The van der Waals surface area contributed by atoms with Gasteiger partial charge in [0, 0.05) is 19.6 Å². The van der Waals surface area contributed by atoms with E-state index in [1.54, 1.807) is 11.8 Å². The van der Waals surface area contributed by atoms with E-state index in [0.29, 0.717) is 11.8 Å². The second kappa shape index (κ2) is 7.87. The maximum Gasteiger partial charge on any atom is 0.233 e. The second-order valence-corrected chi connectivity index (χ2v) is 8.42. The van der Waals surface area contributed by atoms with Crippen LogP contribution in [0.3, 0.4) is 0 Å². The quantitative estimate of drug-likeness (QED) is 0.752. The Morgan fingerprint density at radius 1 is 1.15 bits per heavy atom. The molecule has 138 valence electrons. The highest BCUT2D eigenvalue weighted by molar-refractivity contribution is 7.99. The van der Waals surface area contributed by atoms with Crippen molar-refractivity contribution in [2.45, 2.75) is 49.7 Å². The predicted octanol–water partition coefficient (Wildman–Crippen LogP) is 4.36. The fourth-order valence-corrected chi connectivity index (χ4v) is 5.39. The molecule has 26 heavy (non-hydrogen) atoms. The van der Waals surface area contributed by atoms with E-state index >= 15 is 0 Å². The Labute approximate surface area is 160 Å². The molecule has 0 bridgehead atoms. The number of hydrogen-bond donors (Lipinski definition) is 0. The zero-order valence-electron chi connectivity index (χ0n) is 15.4. The van der Waals surface area contributed by atoms with Crippen LogP contribution in [0.1, 0.15) is 38.5 Å². The lowest BCUT2D eigenvalue weighted by molar-refractivity contribution is -0.134. The van der Waals surface area contributed by atoms with E-state index in [1.165, 1.54) is 32.1 Å². The minimum Gasteiger partial charge on any atom is -0.339 e. The second-order valence-electron chi connectivity index (χ2n) is 7.48. The zero-order valence-corrected chi connectivity index (χ0v) is 16.3. The minimum atomic E-state index is 0.288. The summed E-state index contributed by atoms with van der Waals surface area (Å²) < 4.78 is 2.09. The summed E-state index contributed by atoms with van der Waals surface area (Å²) >= 11 is 1.56. The van der Waals surface area contributed by atoms with Crippen molar-refractivity contribution in [3.05, 3.63) is 36.5 Å². The monoisotopic (exact) mass is 369 g/mol. The van der Waals surface area contributed by atoms with Crippen LogP contribution in [-0.4, -0.2) is 38.7 Å². The van der Waals surface area contributed by atoms with Crippen LogP contribution in [-0.2, 0) is 11.8 Å². The summed E-state index contributed by atoms with van der Waals surface area (Å²) in [6, 6.07) is 10.8. The topological polar surface area (TPSA) is 38.1 Å². The number of carbonyl (C=O) groups excluding carboxylic acids is 1. The van der Waals surface area contributed by atoms with Crippen LogP contribution in [0.5, 0.6) is 0 Å². The van der Waals surface area contributed by atoms with Gasteiger partial charge in [-0.05, 0) is 37.2 Å². The Hall–Kier alpha value is -1.75. The van der Waals surface area contributed by atoms with Crippen molar-refractivity contribution in [3.8, 4) is 11.3 Å². The number of carbonyl (C=O) groups is 1. The summed E-state index contributed by atoms with van der Waals surface area (Å²) in [5, 5.41) is 0.911. The molecule has 4 nitrogen and oxygen atoms in total. The van der Waals surface area contributed by atoms with Crippen LogP contribution in [0.4, 0.5) is 0 Å². The number of nitrogens with zero attached hydrogens (tertiary/aromatic N) is 3. The molecule has 2 aromatic rings. The summed E-state index contributed by atoms with van der Waals surface area (Å²) in [6.07, 6.45) is 9.49. The first-order valence-electron chi connectivity index (χ1n) is 9.73. The third kappa shape index (κ3) is 3.54. The lowest BCUT2D eigenvalue weighted by atomic mass is 9.78. The third-order valence-corrected chi connectivity index (χ3v) is 6.93. The number of fused-ring (bicyclic) bond motifs is 1. The Bertz CT molecular complexity index is 756. The van der Waals surface area contributed by atoms with Gasteiger partial charge in [-0.2, -0.15) is 0 Å². The molecule has 1 saturated carbocycles. The fraction of sp³-hybridized carbons (Fsp3) is 0.524. The normalized spacial score (nSPS) is 22.9. The van der Waals surface area contributed by atoms with Crippen LogP contribution in [0.25, 0.3) is 11.3 Å². The van der Waals surface area contributed by atoms with E-state index in [9.17, 15) is 4.79 Å². The average Bonchev–Trinajstić information content (AvgIpc) is 3.07. The number of likely N-dealkylation sites (tertiary alicyclic amines) is 1. The molecule has 1 saturated heterocycles. The SMILES string of the molecule is Cn1c(-c2ccccc2)cnc1SCC(=O)N1CCCC2CCCCC21. The lowest BCUT2D eigenvalue weighted by Crippen LogP contribution is -2.50. The number of imidazole rings is 1. The highest BCUT2D eigenvalue weighted by Gasteiger charge is 2.35. The number of hydrogen-bond acceptors (Lipinski definition) is 3. The summed E-state index contributed by atoms with van der Waals surface area (Å²) in [7, 11) is 2.03. The molecule has 0 N–H and O–H groups in total. The van der Waals surface area contributed by atoms with Gasteiger partial charge in [-0.25, -0.2) is 4.98 Å². The van der Waals surface area contributed by atoms with Gasteiger partial charge in [-0.15, -0.1) is 0 Å². The van der Waals surface area contributed by atoms with Gasteiger partial charge < -0.3 is 9.47 Å². The summed E-state index contributed by atoms with van der Waals surface area (Å²) in [5.41, 5.74) is 2.24. The van der Waals surface area contributed by atoms with Crippen LogP contribution >= 0.6 is 11.8 Å². The molecule has 1 aromatic heterocycles. The highest BCUT2D eigenvalue weighted by atomic mass is 32.2. The minimum absolute atomic E-state index is 0.288. The van der Waals surface area contributed by atoms with Crippen molar-refractivity contribution >= 4 is 17.7 Å². The molecule has 5 heteroatoms. The van der Waals surface area contributed by atoms with Gasteiger partial charge in [-0.3, -0.25) is 4.79 Å². The number of piperidine rings is 1. The van der Waals surface area contributed by atoms with Crippen LogP contribution in [0.15, 0.2) is 41.7 Å². The first-order chi connectivity index (χ1) is 12.7. The number of amides is 1. The maximum absolute atomic E-state index is 12.9. The summed E-state index contributed by atoms with van der Waals surface area (Å²) in [5.74, 6) is 1.52. The molecule has 0 radical (unpaired) electrons. The van der Waals surface area contributed by atoms with E-state index in [4.69, 9.17) is 0 Å². The molecule has 0 spiro atoms. The first kappa shape index (κ1) is 17.7.